The fourth-order valence-electron chi connectivity index (χ4n) is 2.54. The molecule has 1 aliphatic heterocycles. The quantitative estimate of drug-likeness (QED) is 0.845. The number of hydrogen-bond acceptors (Lipinski definition) is 3. The molecular formula is C15H16F3N3O2. The summed E-state index contributed by atoms with van der Waals surface area (Å²) in [7, 11) is 0. The molecule has 1 aromatic heterocycles. The van der Waals surface area contributed by atoms with Crippen molar-refractivity contribution < 1.29 is 22.8 Å². The molecule has 0 aromatic carbocycles. The molecule has 1 aliphatic carbocycles. The Labute approximate surface area is 131 Å². The van der Waals surface area contributed by atoms with Crippen molar-refractivity contribution in [3.05, 3.63) is 29.6 Å². The molecule has 0 spiro atoms. The summed E-state index contributed by atoms with van der Waals surface area (Å²) in [6.45, 7) is 0.863. The van der Waals surface area contributed by atoms with Gasteiger partial charge in [-0.3, -0.25) is 9.59 Å². The van der Waals surface area contributed by atoms with E-state index in [0.29, 0.717) is 12.5 Å². The standard InChI is InChI=1S/C15H16F3N3O2/c16-15(17,18)12-3-1-2-11(19-12)6-13(22)21-8-14(23)20(9-21)7-10-4-5-10/h1-3,10H,4-9H2. The van der Waals surface area contributed by atoms with Crippen LogP contribution in [0.1, 0.15) is 24.2 Å². The molecule has 8 heteroatoms. The molecule has 2 heterocycles. The summed E-state index contributed by atoms with van der Waals surface area (Å²) < 4.78 is 37.9. The van der Waals surface area contributed by atoms with Crippen molar-refractivity contribution in [3.63, 3.8) is 0 Å². The van der Waals surface area contributed by atoms with E-state index in [9.17, 15) is 22.8 Å². The zero-order valence-electron chi connectivity index (χ0n) is 12.3. The molecule has 2 fully saturated rings. The van der Waals surface area contributed by atoms with Gasteiger partial charge in [-0.2, -0.15) is 13.2 Å². The topological polar surface area (TPSA) is 53.5 Å². The lowest BCUT2D eigenvalue weighted by molar-refractivity contribution is -0.141. The van der Waals surface area contributed by atoms with Crippen LogP contribution < -0.4 is 0 Å². The Morgan fingerprint density at radius 1 is 1.30 bits per heavy atom. The number of amides is 2. The SMILES string of the molecule is O=C(Cc1cccc(C(F)(F)F)n1)N1CC(=O)N(CC2CC2)C1. The molecule has 5 nitrogen and oxygen atoms in total. The van der Waals surface area contributed by atoms with Crippen molar-refractivity contribution in [1.29, 1.82) is 0 Å². The summed E-state index contributed by atoms with van der Waals surface area (Å²) in [6.07, 6.45) is -2.57. The number of carbonyl (C=O) groups is 2. The molecule has 3 rings (SSSR count). The van der Waals surface area contributed by atoms with Crippen LogP contribution >= 0.6 is 0 Å². The molecule has 0 unspecified atom stereocenters. The van der Waals surface area contributed by atoms with Crippen molar-refractivity contribution in [1.82, 2.24) is 14.8 Å². The zero-order chi connectivity index (χ0) is 16.6. The second-order valence-corrected chi connectivity index (χ2v) is 5.98. The van der Waals surface area contributed by atoms with E-state index in [1.165, 1.54) is 17.0 Å². The monoisotopic (exact) mass is 327 g/mol. The first-order valence-electron chi connectivity index (χ1n) is 7.41. The van der Waals surface area contributed by atoms with Crippen molar-refractivity contribution in [2.75, 3.05) is 19.8 Å². The number of rotatable bonds is 4. The van der Waals surface area contributed by atoms with Crippen LogP contribution in [0.4, 0.5) is 13.2 Å². The van der Waals surface area contributed by atoms with Gasteiger partial charge in [0.15, 0.2) is 0 Å². The second-order valence-electron chi connectivity index (χ2n) is 5.98. The van der Waals surface area contributed by atoms with Crippen LogP contribution in [0.3, 0.4) is 0 Å². The largest absolute Gasteiger partial charge is 0.433 e. The minimum Gasteiger partial charge on any atom is -0.323 e. The molecule has 124 valence electrons. The van der Waals surface area contributed by atoms with Gasteiger partial charge in [0.25, 0.3) is 0 Å². The summed E-state index contributed by atoms with van der Waals surface area (Å²) in [6, 6.07) is 3.48. The van der Waals surface area contributed by atoms with Gasteiger partial charge < -0.3 is 9.80 Å². The minimum absolute atomic E-state index is 0.00941. The molecule has 1 saturated heterocycles. The van der Waals surface area contributed by atoms with Gasteiger partial charge in [-0.05, 0) is 30.9 Å². The third-order valence-corrected chi connectivity index (χ3v) is 3.98. The van der Waals surface area contributed by atoms with E-state index in [2.05, 4.69) is 4.98 Å². The summed E-state index contributed by atoms with van der Waals surface area (Å²) in [5.74, 6) is 0.0323. The van der Waals surface area contributed by atoms with Crippen LogP contribution in [-0.2, 0) is 22.2 Å². The lowest BCUT2D eigenvalue weighted by Gasteiger charge is -2.18. The molecule has 23 heavy (non-hydrogen) atoms. The summed E-state index contributed by atoms with van der Waals surface area (Å²) >= 11 is 0. The highest BCUT2D eigenvalue weighted by Gasteiger charge is 2.35. The molecule has 0 radical (unpaired) electrons. The Morgan fingerprint density at radius 2 is 2.04 bits per heavy atom. The maximum absolute atomic E-state index is 12.6. The Kier molecular flexibility index (Phi) is 3.99. The van der Waals surface area contributed by atoms with E-state index in [0.717, 1.165) is 18.9 Å². The summed E-state index contributed by atoms with van der Waals surface area (Å²) in [5.41, 5.74) is -0.964. The lowest BCUT2D eigenvalue weighted by Crippen LogP contribution is -2.33. The lowest BCUT2D eigenvalue weighted by atomic mass is 10.2. The highest BCUT2D eigenvalue weighted by molar-refractivity contribution is 5.88. The molecule has 2 amide bonds. The number of alkyl halides is 3. The average Bonchev–Trinajstić information content (AvgIpc) is 3.21. The number of nitrogens with zero attached hydrogens (tertiary/aromatic N) is 3. The average molecular weight is 327 g/mol. The van der Waals surface area contributed by atoms with Gasteiger partial charge in [0.1, 0.15) is 12.2 Å². The van der Waals surface area contributed by atoms with E-state index in [1.807, 2.05) is 0 Å². The van der Waals surface area contributed by atoms with Crippen LogP contribution in [0.2, 0.25) is 0 Å². The van der Waals surface area contributed by atoms with Crippen LogP contribution in [0, 0.1) is 5.92 Å². The third kappa shape index (κ3) is 3.80. The smallest absolute Gasteiger partial charge is 0.323 e. The van der Waals surface area contributed by atoms with E-state index < -0.39 is 11.9 Å². The zero-order valence-corrected chi connectivity index (χ0v) is 12.3. The summed E-state index contributed by atoms with van der Waals surface area (Å²) in [5, 5.41) is 0. The Balaban J connectivity index is 1.62. The van der Waals surface area contributed by atoms with E-state index in [1.54, 1.807) is 4.90 Å². The second kappa shape index (κ2) is 5.82. The van der Waals surface area contributed by atoms with Crippen LogP contribution in [0.25, 0.3) is 0 Å². The normalized spacial score (nSPS) is 18.7. The highest BCUT2D eigenvalue weighted by atomic mass is 19.4. The van der Waals surface area contributed by atoms with Crippen molar-refractivity contribution >= 4 is 11.8 Å². The van der Waals surface area contributed by atoms with E-state index in [-0.39, 0.29) is 37.1 Å². The van der Waals surface area contributed by atoms with Gasteiger partial charge in [-0.15, -0.1) is 0 Å². The van der Waals surface area contributed by atoms with Gasteiger partial charge in [-0.25, -0.2) is 4.98 Å². The Bertz CT molecular complexity index is 629. The van der Waals surface area contributed by atoms with Crippen LogP contribution in [0.5, 0.6) is 0 Å². The molecule has 1 aromatic rings. The number of pyridine rings is 1. The predicted octanol–water partition coefficient (Wildman–Crippen LogP) is 1.68. The van der Waals surface area contributed by atoms with Crippen LogP contribution in [-0.4, -0.2) is 46.4 Å². The molecule has 1 saturated carbocycles. The number of halogens is 3. The first-order chi connectivity index (χ1) is 10.8. The van der Waals surface area contributed by atoms with E-state index in [4.69, 9.17) is 0 Å². The Hall–Kier alpha value is -2.12. The van der Waals surface area contributed by atoms with Gasteiger partial charge in [0.2, 0.25) is 11.8 Å². The molecule has 2 aliphatic rings. The van der Waals surface area contributed by atoms with Gasteiger partial charge in [0, 0.05) is 6.54 Å². The number of hydrogen-bond donors (Lipinski definition) is 0. The Morgan fingerprint density at radius 3 is 2.70 bits per heavy atom. The predicted molar refractivity (Wildman–Crippen MR) is 74.0 cm³/mol. The molecule has 0 bridgehead atoms. The van der Waals surface area contributed by atoms with Crippen molar-refractivity contribution in [2.24, 2.45) is 5.92 Å². The minimum atomic E-state index is -4.54. The van der Waals surface area contributed by atoms with Gasteiger partial charge in [-0.1, -0.05) is 6.07 Å². The van der Waals surface area contributed by atoms with E-state index >= 15 is 0 Å². The fourth-order valence-corrected chi connectivity index (χ4v) is 2.54. The van der Waals surface area contributed by atoms with Gasteiger partial charge >= 0.3 is 6.18 Å². The number of carbonyl (C=O) groups excluding carboxylic acids is 2. The molecule has 0 atom stereocenters. The van der Waals surface area contributed by atoms with Gasteiger partial charge in [0.05, 0.1) is 18.8 Å². The summed E-state index contributed by atoms with van der Waals surface area (Å²) in [4.78, 5) is 30.5. The first-order valence-corrected chi connectivity index (χ1v) is 7.41. The molecule has 0 N–H and O–H groups in total. The molecular weight excluding hydrogens is 311 g/mol. The third-order valence-electron chi connectivity index (χ3n) is 3.98. The van der Waals surface area contributed by atoms with Crippen molar-refractivity contribution in [3.8, 4) is 0 Å². The maximum atomic E-state index is 12.6. The highest BCUT2D eigenvalue weighted by Crippen LogP contribution is 2.30. The fraction of sp³-hybridized carbons (Fsp3) is 0.533. The number of aromatic nitrogens is 1. The van der Waals surface area contributed by atoms with Crippen LogP contribution in [0.15, 0.2) is 18.2 Å². The first kappa shape index (κ1) is 15.8. The van der Waals surface area contributed by atoms with Crippen molar-refractivity contribution in [2.45, 2.75) is 25.4 Å². The maximum Gasteiger partial charge on any atom is 0.433 e.